The number of phenolic OH excluding ortho intramolecular Hbond substituents is 1. The first-order valence-electron chi connectivity index (χ1n) is 7.17. The standard InChI is InChI=1S/C18H14BrN3O2/c1-10-3-4-14-15(5-10)22-18(21-14)12(9-20)6-11-7-13(19)17(23)16(8-11)24-2/h3-8,23H,1-2H3,(H,21,22)/b12-6-. The summed E-state index contributed by atoms with van der Waals surface area (Å²) in [7, 11) is 1.47. The molecule has 120 valence electrons. The van der Waals surface area contributed by atoms with Crippen LogP contribution in [0.4, 0.5) is 0 Å². The van der Waals surface area contributed by atoms with E-state index >= 15 is 0 Å². The van der Waals surface area contributed by atoms with Crippen molar-refractivity contribution in [2.45, 2.75) is 6.92 Å². The molecule has 0 atom stereocenters. The summed E-state index contributed by atoms with van der Waals surface area (Å²) in [6.07, 6.45) is 1.69. The zero-order chi connectivity index (χ0) is 17.3. The molecule has 2 N–H and O–H groups in total. The van der Waals surface area contributed by atoms with Crippen molar-refractivity contribution in [1.29, 1.82) is 5.26 Å². The lowest BCUT2D eigenvalue weighted by atomic mass is 10.1. The van der Waals surface area contributed by atoms with E-state index in [1.165, 1.54) is 7.11 Å². The van der Waals surface area contributed by atoms with Gasteiger partial charge in [-0.2, -0.15) is 5.26 Å². The normalized spacial score (nSPS) is 11.5. The molecule has 6 heteroatoms. The number of methoxy groups -OCH3 is 1. The van der Waals surface area contributed by atoms with Crippen molar-refractivity contribution >= 4 is 38.6 Å². The molecule has 1 aromatic heterocycles. The van der Waals surface area contributed by atoms with Gasteiger partial charge >= 0.3 is 0 Å². The monoisotopic (exact) mass is 383 g/mol. The van der Waals surface area contributed by atoms with Crippen molar-refractivity contribution in [3.8, 4) is 17.6 Å². The van der Waals surface area contributed by atoms with Crippen LogP contribution in [-0.4, -0.2) is 22.2 Å². The summed E-state index contributed by atoms with van der Waals surface area (Å²) in [4.78, 5) is 7.63. The molecule has 0 radical (unpaired) electrons. The SMILES string of the molecule is COc1cc(/C=C(/C#N)c2nc3ccc(C)cc3[nH]2)cc(Br)c1O. The van der Waals surface area contributed by atoms with Crippen LogP contribution in [-0.2, 0) is 0 Å². The number of aromatic amines is 1. The Labute approximate surface area is 147 Å². The number of phenols is 1. The lowest BCUT2D eigenvalue weighted by Gasteiger charge is -2.06. The van der Waals surface area contributed by atoms with Gasteiger partial charge < -0.3 is 14.8 Å². The number of nitrogens with one attached hydrogen (secondary N) is 1. The van der Waals surface area contributed by atoms with Gasteiger partial charge in [-0.05, 0) is 64.3 Å². The number of allylic oxidation sites excluding steroid dienone is 1. The second-order valence-corrected chi connectivity index (χ2v) is 6.18. The Morgan fingerprint density at radius 1 is 1.38 bits per heavy atom. The van der Waals surface area contributed by atoms with Crippen LogP contribution in [0.2, 0.25) is 0 Å². The van der Waals surface area contributed by atoms with E-state index in [9.17, 15) is 10.4 Å². The Hall–Kier alpha value is -2.78. The maximum Gasteiger partial charge on any atom is 0.172 e. The molecule has 0 spiro atoms. The molecule has 0 saturated carbocycles. The average Bonchev–Trinajstić information content (AvgIpc) is 2.98. The number of aryl methyl sites for hydroxylation is 1. The Morgan fingerprint density at radius 2 is 2.17 bits per heavy atom. The second kappa shape index (κ2) is 6.38. The number of nitriles is 1. The predicted molar refractivity (Wildman–Crippen MR) is 96.7 cm³/mol. The fourth-order valence-electron chi connectivity index (χ4n) is 2.40. The van der Waals surface area contributed by atoms with Crippen molar-refractivity contribution in [2.75, 3.05) is 7.11 Å². The van der Waals surface area contributed by atoms with E-state index in [2.05, 4.69) is 32.0 Å². The average molecular weight is 384 g/mol. The maximum atomic E-state index is 9.88. The highest BCUT2D eigenvalue weighted by Crippen LogP contribution is 2.36. The molecule has 0 aliphatic heterocycles. The van der Waals surface area contributed by atoms with Gasteiger partial charge in [0.2, 0.25) is 0 Å². The zero-order valence-corrected chi connectivity index (χ0v) is 14.7. The summed E-state index contributed by atoms with van der Waals surface area (Å²) in [5.41, 5.74) is 3.91. The molecule has 1 heterocycles. The minimum Gasteiger partial charge on any atom is -0.503 e. The number of benzene rings is 2. The van der Waals surface area contributed by atoms with Gasteiger partial charge in [0.15, 0.2) is 11.5 Å². The van der Waals surface area contributed by atoms with Crippen LogP contribution in [0, 0.1) is 18.3 Å². The summed E-state index contributed by atoms with van der Waals surface area (Å²) < 4.78 is 5.62. The molecular formula is C18H14BrN3O2. The second-order valence-electron chi connectivity index (χ2n) is 5.33. The van der Waals surface area contributed by atoms with Gasteiger partial charge in [-0.15, -0.1) is 0 Å². The number of aromatic nitrogens is 2. The Balaban J connectivity index is 2.09. The largest absolute Gasteiger partial charge is 0.503 e. The summed E-state index contributed by atoms with van der Waals surface area (Å²) in [5.74, 6) is 0.849. The number of H-pyrrole nitrogens is 1. The third-order valence-electron chi connectivity index (χ3n) is 3.59. The molecule has 5 nitrogen and oxygen atoms in total. The van der Waals surface area contributed by atoms with Gasteiger partial charge in [-0.1, -0.05) is 6.07 Å². The van der Waals surface area contributed by atoms with Gasteiger partial charge in [0.25, 0.3) is 0 Å². The van der Waals surface area contributed by atoms with E-state index in [-0.39, 0.29) is 5.75 Å². The van der Waals surface area contributed by atoms with E-state index in [4.69, 9.17) is 4.74 Å². The van der Waals surface area contributed by atoms with Gasteiger partial charge in [-0.3, -0.25) is 0 Å². The third-order valence-corrected chi connectivity index (χ3v) is 4.20. The summed E-state index contributed by atoms with van der Waals surface area (Å²) in [6.45, 7) is 2.00. The van der Waals surface area contributed by atoms with Crippen LogP contribution in [0.1, 0.15) is 17.0 Å². The van der Waals surface area contributed by atoms with Crippen LogP contribution in [0.5, 0.6) is 11.5 Å². The predicted octanol–water partition coefficient (Wildman–Crippen LogP) is 4.41. The fraction of sp³-hybridized carbons (Fsp3) is 0.111. The van der Waals surface area contributed by atoms with E-state index < -0.39 is 0 Å². The molecular weight excluding hydrogens is 370 g/mol. The van der Waals surface area contributed by atoms with Crippen molar-refractivity contribution in [2.24, 2.45) is 0 Å². The molecule has 24 heavy (non-hydrogen) atoms. The molecule has 0 amide bonds. The lowest BCUT2D eigenvalue weighted by Crippen LogP contribution is -1.88. The molecule has 0 bridgehead atoms. The topological polar surface area (TPSA) is 81.9 Å². The van der Waals surface area contributed by atoms with E-state index in [1.54, 1.807) is 18.2 Å². The first kappa shape index (κ1) is 16.1. The van der Waals surface area contributed by atoms with Crippen LogP contribution in [0.3, 0.4) is 0 Å². The molecule has 2 aromatic carbocycles. The van der Waals surface area contributed by atoms with Gasteiger partial charge in [-0.25, -0.2) is 4.98 Å². The van der Waals surface area contributed by atoms with Gasteiger partial charge in [0.05, 0.1) is 28.2 Å². The number of fused-ring (bicyclic) bond motifs is 1. The highest BCUT2D eigenvalue weighted by molar-refractivity contribution is 9.10. The van der Waals surface area contributed by atoms with Gasteiger partial charge in [0, 0.05) is 0 Å². The van der Waals surface area contributed by atoms with E-state index in [0.29, 0.717) is 27.2 Å². The number of nitrogens with zero attached hydrogens (tertiary/aromatic N) is 2. The van der Waals surface area contributed by atoms with Crippen molar-refractivity contribution in [1.82, 2.24) is 9.97 Å². The lowest BCUT2D eigenvalue weighted by molar-refractivity contribution is 0.372. The maximum absolute atomic E-state index is 9.88. The number of halogens is 1. The van der Waals surface area contributed by atoms with Crippen LogP contribution < -0.4 is 4.74 Å². The Kier molecular flexibility index (Phi) is 4.28. The fourth-order valence-corrected chi connectivity index (χ4v) is 2.86. The first-order chi connectivity index (χ1) is 11.5. The van der Waals surface area contributed by atoms with E-state index in [0.717, 1.165) is 16.6 Å². The molecule has 3 aromatic rings. The minimum atomic E-state index is 0.0207. The van der Waals surface area contributed by atoms with Crippen molar-refractivity contribution < 1.29 is 9.84 Å². The Morgan fingerprint density at radius 3 is 2.88 bits per heavy atom. The molecule has 0 saturated heterocycles. The highest BCUT2D eigenvalue weighted by atomic mass is 79.9. The summed E-state index contributed by atoms with van der Waals surface area (Å²) >= 11 is 3.28. The number of rotatable bonds is 3. The van der Waals surface area contributed by atoms with Crippen LogP contribution >= 0.6 is 15.9 Å². The van der Waals surface area contributed by atoms with Crippen molar-refractivity contribution in [3.05, 3.63) is 51.8 Å². The molecule has 3 rings (SSSR count). The number of imidazole rings is 1. The minimum absolute atomic E-state index is 0.0207. The third kappa shape index (κ3) is 2.99. The van der Waals surface area contributed by atoms with E-state index in [1.807, 2.05) is 25.1 Å². The number of ether oxygens (including phenoxy) is 1. The smallest absolute Gasteiger partial charge is 0.172 e. The number of hydrogen-bond acceptors (Lipinski definition) is 4. The zero-order valence-electron chi connectivity index (χ0n) is 13.1. The quantitative estimate of drug-likeness (QED) is 0.656. The Bertz CT molecular complexity index is 999. The molecule has 0 aliphatic carbocycles. The van der Waals surface area contributed by atoms with Gasteiger partial charge in [0.1, 0.15) is 11.9 Å². The number of aromatic hydroxyl groups is 1. The molecule has 0 aliphatic rings. The first-order valence-corrected chi connectivity index (χ1v) is 7.96. The molecule has 0 fully saturated rings. The number of hydrogen-bond donors (Lipinski definition) is 2. The van der Waals surface area contributed by atoms with Crippen LogP contribution in [0.15, 0.2) is 34.8 Å². The van der Waals surface area contributed by atoms with Crippen LogP contribution in [0.25, 0.3) is 22.7 Å². The highest BCUT2D eigenvalue weighted by Gasteiger charge is 2.11. The summed E-state index contributed by atoms with van der Waals surface area (Å²) in [6, 6.07) is 11.4. The summed E-state index contributed by atoms with van der Waals surface area (Å²) in [5, 5.41) is 19.4. The molecule has 0 unspecified atom stereocenters. The van der Waals surface area contributed by atoms with Crippen molar-refractivity contribution in [3.63, 3.8) is 0 Å².